The molecule has 0 saturated heterocycles. The van der Waals surface area contributed by atoms with Crippen LogP contribution < -0.4 is 15.0 Å². The van der Waals surface area contributed by atoms with Gasteiger partial charge in [0.25, 0.3) is 5.56 Å². The van der Waals surface area contributed by atoms with Crippen LogP contribution in [-0.2, 0) is 6.61 Å². The monoisotopic (exact) mass is 668 g/mol. The number of methoxy groups -OCH3 is 1. The summed E-state index contributed by atoms with van der Waals surface area (Å²) in [5.74, 6) is 0.912. The minimum atomic E-state index is -0.522. The third-order valence-electron chi connectivity index (χ3n) is 6.90. The SMILES string of the molecule is COc1cc(C=Nn2c(C3CCCCC3)nc3ccc(Br)cc3c2=O)cc([N+](=O)[O-])c1OCc1ccc(Br)cc1. The van der Waals surface area contributed by atoms with Gasteiger partial charge in [0, 0.05) is 26.5 Å². The summed E-state index contributed by atoms with van der Waals surface area (Å²) in [6.45, 7) is 0.121. The molecule has 206 valence electrons. The minimum Gasteiger partial charge on any atom is -0.493 e. The summed E-state index contributed by atoms with van der Waals surface area (Å²) in [6, 6.07) is 15.8. The number of hydrogen-bond acceptors (Lipinski definition) is 7. The molecule has 40 heavy (non-hydrogen) atoms. The molecular formula is C29H26Br2N4O5. The minimum absolute atomic E-state index is 0.0184. The molecule has 0 aliphatic heterocycles. The quantitative estimate of drug-likeness (QED) is 0.110. The van der Waals surface area contributed by atoms with Crippen LogP contribution in [0.3, 0.4) is 0 Å². The van der Waals surface area contributed by atoms with Crippen LogP contribution in [0.5, 0.6) is 11.5 Å². The molecule has 1 aliphatic carbocycles. The van der Waals surface area contributed by atoms with E-state index in [4.69, 9.17) is 14.5 Å². The Morgan fingerprint density at radius 2 is 1.80 bits per heavy atom. The number of nitro groups is 1. The lowest BCUT2D eigenvalue weighted by Gasteiger charge is -2.22. The van der Waals surface area contributed by atoms with Crippen molar-refractivity contribution in [2.75, 3.05) is 7.11 Å². The van der Waals surface area contributed by atoms with Gasteiger partial charge in [-0.2, -0.15) is 9.78 Å². The number of aromatic nitrogens is 2. The van der Waals surface area contributed by atoms with Crippen molar-refractivity contribution in [3.63, 3.8) is 0 Å². The number of benzene rings is 3. The van der Waals surface area contributed by atoms with E-state index in [1.54, 1.807) is 12.1 Å². The molecule has 0 spiro atoms. The molecule has 1 heterocycles. The van der Waals surface area contributed by atoms with Gasteiger partial charge in [-0.3, -0.25) is 14.9 Å². The number of halogens is 2. The molecular weight excluding hydrogens is 644 g/mol. The predicted octanol–water partition coefficient (Wildman–Crippen LogP) is 7.35. The molecule has 3 aromatic carbocycles. The van der Waals surface area contributed by atoms with Crippen LogP contribution in [0.25, 0.3) is 10.9 Å². The first kappa shape index (κ1) is 28.0. The second kappa shape index (κ2) is 12.3. The number of rotatable bonds is 8. The highest BCUT2D eigenvalue weighted by atomic mass is 79.9. The van der Waals surface area contributed by atoms with E-state index in [-0.39, 0.29) is 35.3 Å². The van der Waals surface area contributed by atoms with Gasteiger partial charge in [0.2, 0.25) is 5.75 Å². The molecule has 1 aromatic heterocycles. The molecule has 0 radical (unpaired) electrons. The number of nitrogens with zero attached hydrogens (tertiary/aromatic N) is 4. The lowest BCUT2D eigenvalue weighted by atomic mass is 9.88. The van der Waals surface area contributed by atoms with Gasteiger partial charge in [-0.15, -0.1) is 0 Å². The predicted molar refractivity (Wildman–Crippen MR) is 161 cm³/mol. The zero-order valence-corrected chi connectivity index (χ0v) is 24.9. The van der Waals surface area contributed by atoms with Crippen molar-refractivity contribution in [1.82, 2.24) is 9.66 Å². The third-order valence-corrected chi connectivity index (χ3v) is 7.92. The van der Waals surface area contributed by atoms with E-state index in [0.29, 0.717) is 22.3 Å². The van der Waals surface area contributed by atoms with Crippen molar-refractivity contribution < 1.29 is 14.4 Å². The van der Waals surface area contributed by atoms with Gasteiger partial charge in [0.1, 0.15) is 12.4 Å². The van der Waals surface area contributed by atoms with Crippen LogP contribution in [0.2, 0.25) is 0 Å². The summed E-state index contributed by atoms with van der Waals surface area (Å²) in [7, 11) is 1.42. The summed E-state index contributed by atoms with van der Waals surface area (Å²) >= 11 is 6.82. The molecule has 1 saturated carbocycles. The van der Waals surface area contributed by atoms with Crippen LogP contribution >= 0.6 is 31.9 Å². The molecule has 0 atom stereocenters. The molecule has 0 bridgehead atoms. The van der Waals surface area contributed by atoms with E-state index in [2.05, 4.69) is 37.0 Å². The first-order valence-corrected chi connectivity index (χ1v) is 14.4. The maximum atomic E-state index is 13.6. The Hall–Kier alpha value is -3.57. The van der Waals surface area contributed by atoms with Crippen LogP contribution in [0.15, 0.2) is 73.4 Å². The zero-order chi connectivity index (χ0) is 28.2. The van der Waals surface area contributed by atoms with Crippen LogP contribution in [0, 0.1) is 10.1 Å². The number of nitro benzene ring substituents is 1. The van der Waals surface area contributed by atoms with Gasteiger partial charge in [-0.05, 0) is 54.8 Å². The standard InChI is InChI=1S/C29H26Br2N4O5/c1-39-26-14-19(13-25(35(37)38)27(26)40-17-18-7-9-21(30)10-8-18)16-32-34-28(20-5-3-2-4-6-20)33-24-12-11-22(31)15-23(24)29(34)36/h7-16,20H,2-6,17H2,1H3. The number of hydrogen-bond donors (Lipinski definition) is 0. The largest absolute Gasteiger partial charge is 0.493 e. The second-order valence-corrected chi connectivity index (χ2v) is 11.4. The second-order valence-electron chi connectivity index (χ2n) is 9.57. The van der Waals surface area contributed by atoms with Crippen molar-refractivity contribution in [2.24, 2.45) is 5.10 Å². The van der Waals surface area contributed by atoms with Crippen molar-refractivity contribution in [3.05, 3.63) is 101 Å². The highest BCUT2D eigenvalue weighted by molar-refractivity contribution is 9.10. The fraction of sp³-hybridized carbons (Fsp3) is 0.276. The average Bonchev–Trinajstić information content (AvgIpc) is 2.96. The molecule has 11 heteroatoms. The molecule has 4 aromatic rings. The normalized spacial score (nSPS) is 14.1. The van der Waals surface area contributed by atoms with E-state index in [1.165, 1.54) is 24.1 Å². The van der Waals surface area contributed by atoms with Crippen LogP contribution in [-0.4, -0.2) is 27.9 Å². The Morgan fingerprint density at radius 3 is 2.50 bits per heavy atom. The maximum absolute atomic E-state index is 13.6. The molecule has 0 unspecified atom stereocenters. The van der Waals surface area contributed by atoms with Gasteiger partial charge >= 0.3 is 5.69 Å². The molecule has 1 fully saturated rings. The van der Waals surface area contributed by atoms with Gasteiger partial charge in [0.05, 0.1) is 29.2 Å². The van der Waals surface area contributed by atoms with Crippen molar-refractivity contribution in [3.8, 4) is 11.5 Å². The van der Waals surface area contributed by atoms with E-state index in [1.807, 2.05) is 36.4 Å². The maximum Gasteiger partial charge on any atom is 0.315 e. The smallest absolute Gasteiger partial charge is 0.315 e. The van der Waals surface area contributed by atoms with Crippen molar-refractivity contribution >= 4 is 54.7 Å². The number of fused-ring (bicyclic) bond motifs is 1. The fourth-order valence-electron chi connectivity index (χ4n) is 4.88. The molecule has 0 amide bonds. The molecule has 5 rings (SSSR count). The fourth-order valence-corrected chi connectivity index (χ4v) is 5.50. The van der Waals surface area contributed by atoms with Crippen molar-refractivity contribution in [2.45, 2.75) is 44.6 Å². The highest BCUT2D eigenvalue weighted by Crippen LogP contribution is 2.39. The summed E-state index contributed by atoms with van der Waals surface area (Å²) in [5, 5.41) is 17.0. The van der Waals surface area contributed by atoms with E-state index in [9.17, 15) is 14.9 Å². The first-order chi connectivity index (χ1) is 19.3. The first-order valence-electron chi connectivity index (χ1n) is 12.8. The lowest BCUT2D eigenvalue weighted by molar-refractivity contribution is -0.386. The highest BCUT2D eigenvalue weighted by Gasteiger charge is 2.24. The average molecular weight is 670 g/mol. The molecule has 0 N–H and O–H groups in total. The Kier molecular flexibility index (Phi) is 8.60. The summed E-state index contributed by atoms with van der Waals surface area (Å²) in [5.41, 5.74) is 1.28. The van der Waals surface area contributed by atoms with Gasteiger partial charge in [-0.25, -0.2) is 4.98 Å². The zero-order valence-electron chi connectivity index (χ0n) is 21.7. The number of ether oxygens (including phenoxy) is 2. The summed E-state index contributed by atoms with van der Waals surface area (Å²) in [6.07, 6.45) is 6.56. The molecule has 1 aliphatic rings. The Balaban J connectivity index is 1.54. The van der Waals surface area contributed by atoms with Crippen molar-refractivity contribution in [1.29, 1.82) is 0 Å². The van der Waals surface area contributed by atoms with Gasteiger partial charge in [-0.1, -0.05) is 63.3 Å². The van der Waals surface area contributed by atoms with E-state index < -0.39 is 4.92 Å². The lowest BCUT2D eigenvalue weighted by Crippen LogP contribution is -2.25. The van der Waals surface area contributed by atoms with Gasteiger partial charge < -0.3 is 9.47 Å². The Morgan fingerprint density at radius 1 is 1.07 bits per heavy atom. The van der Waals surface area contributed by atoms with Gasteiger partial charge in [0.15, 0.2) is 5.75 Å². The summed E-state index contributed by atoms with van der Waals surface area (Å²) < 4.78 is 14.3. The van der Waals surface area contributed by atoms with Crippen LogP contribution in [0.4, 0.5) is 5.69 Å². The Labute approximate surface area is 247 Å². The van der Waals surface area contributed by atoms with Crippen LogP contribution in [0.1, 0.15) is 55.0 Å². The van der Waals surface area contributed by atoms with E-state index in [0.717, 1.165) is 46.6 Å². The summed E-state index contributed by atoms with van der Waals surface area (Å²) in [4.78, 5) is 29.9. The molecule has 9 nitrogen and oxygen atoms in total. The third kappa shape index (κ3) is 6.10. The Bertz CT molecular complexity index is 1650. The topological polar surface area (TPSA) is 109 Å². The van der Waals surface area contributed by atoms with E-state index >= 15 is 0 Å².